The third-order valence-electron chi connectivity index (χ3n) is 4.54. The molecule has 1 saturated heterocycles. The van der Waals surface area contributed by atoms with Crippen molar-refractivity contribution in [3.05, 3.63) is 41.1 Å². The Morgan fingerprint density at radius 1 is 1.14 bits per heavy atom. The summed E-state index contributed by atoms with van der Waals surface area (Å²) in [5.41, 5.74) is 0.962. The number of methoxy groups -OCH3 is 1. The van der Waals surface area contributed by atoms with E-state index < -0.39 is 0 Å². The maximum atomic E-state index is 11.3. The minimum Gasteiger partial charge on any atom is -0.468 e. The van der Waals surface area contributed by atoms with Crippen molar-refractivity contribution in [2.75, 3.05) is 63.6 Å². The highest BCUT2D eigenvalue weighted by molar-refractivity contribution is 9.10. The molecular formula is C19H25BrN6O2. The van der Waals surface area contributed by atoms with Gasteiger partial charge in [0.1, 0.15) is 18.0 Å². The van der Waals surface area contributed by atoms with Crippen molar-refractivity contribution in [1.82, 2.24) is 19.8 Å². The number of nitrogens with zero attached hydrogens (tertiary/aromatic N) is 4. The molecule has 0 radical (unpaired) electrons. The zero-order valence-corrected chi connectivity index (χ0v) is 17.5. The quantitative estimate of drug-likeness (QED) is 0.594. The van der Waals surface area contributed by atoms with Crippen LogP contribution in [0.4, 0.5) is 17.3 Å². The SMILES string of the molecule is COC(=O)CN1CCN(CCNc2cc(Nc3cccc(Br)c3)ncn2)CC1. The monoisotopic (exact) mass is 448 g/mol. The number of ether oxygens (including phenoxy) is 1. The number of hydrogen-bond acceptors (Lipinski definition) is 8. The van der Waals surface area contributed by atoms with Gasteiger partial charge in [-0.3, -0.25) is 14.6 Å². The summed E-state index contributed by atoms with van der Waals surface area (Å²) < 4.78 is 5.73. The molecule has 28 heavy (non-hydrogen) atoms. The number of rotatable bonds is 8. The molecule has 2 heterocycles. The zero-order chi connectivity index (χ0) is 19.8. The van der Waals surface area contributed by atoms with Crippen molar-refractivity contribution in [2.24, 2.45) is 0 Å². The van der Waals surface area contributed by atoms with E-state index in [4.69, 9.17) is 4.74 Å². The molecule has 2 N–H and O–H groups in total. The van der Waals surface area contributed by atoms with Gasteiger partial charge in [-0.05, 0) is 18.2 Å². The molecule has 1 fully saturated rings. The van der Waals surface area contributed by atoms with Crippen molar-refractivity contribution >= 4 is 39.2 Å². The Labute approximate surface area is 173 Å². The van der Waals surface area contributed by atoms with Crippen LogP contribution >= 0.6 is 15.9 Å². The molecule has 0 atom stereocenters. The molecule has 3 rings (SSSR count). The highest BCUT2D eigenvalue weighted by Crippen LogP contribution is 2.20. The van der Waals surface area contributed by atoms with E-state index in [9.17, 15) is 4.79 Å². The second-order valence-corrected chi connectivity index (χ2v) is 7.46. The van der Waals surface area contributed by atoms with Crippen molar-refractivity contribution in [3.63, 3.8) is 0 Å². The number of carbonyl (C=O) groups excluding carboxylic acids is 1. The van der Waals surface area contributed by atoms with Crippen LogP contribution in [0.5, 0.6) is 0 Å². The Balaban J connectivity index is 1.41. The first-order valence-electron chi connectivity index (χ1n) is 9.22. The summed E-state index contributed by atoms with van der Waals surface area (Å²) in [6.45, 7) is 5.73. The molecule has 1 aromatic carbocycles. The van der Waals surface area contributed by atoms with E-state index in [-0.39, 0.29) is 5.97 Å². The fraction of sp³-hybridized carbons (Fsp3) is 0.421. The number of aromatic nitrogens is 2. The van der Waals surface area contributed by atoms with Crippen LogP contribution in [0.15, 0.2) is 41.1 Å². The van der Waals surface area contributed by atoms with Crippen LogP contribution in [-0.4, -0.2) is 78.7 Å². The van der Waals surface area contributed by atoms with Gasteiger partial charge in [-0.15, -0.1) is 0 Å². The summed E-state index contributed by atoms with van der Waals surface area (Å²) in [4.78, 5) is 24.4. The number of benzene rings is 1. The smallest absolute Gasteiger partial charge is 0.319 e. The molecule has 9 heteroatoms. The van der Waals surface area contributed by atoms with E-state index in [1.165, 1.54) is 7.11 Å². The molecule has 2 aromatic rings. The molecule has 0 spiro atoms. The van der Waals surface area contributed by atoms with Crippen LogP contribution in [-0.2, 0) is 9.53 Å². The lowest BCUT2D eigenvalue weighted by molar-refractivity contribution is -0.142. The van der Waals surface area contributed by atoms with Crippen LogP contribution < -0.4 is 10.6 Å². The van der Waals surface area contributed by atoms with Gasteiger partial charge in [0.15, 0.2) is 0 Å². The summed E-state index contributed by atoms with van der Waals surface area (Å²) in [5.74, 6) is 1.36. The van der Waals surface area contributed by atoms with Gasteiger partial charge in [0.2, 0.25) is 0 Å². The first kappa shape index (κ1) is 20.5. The molecular weight excluding hydrogens is 424 g/mol. The summed E-state index contributed by atoms with van der Waals surface area (Å²) >= 11 is 3.47. The largest absolute Gasteiger partial charge is 0.468 e. The van der Waals surface area contributed by atoms with E-state index in [1.54, 1.807) is 6.33 Å². The fourth-order valence-electron chi connectivity index (χ4n) is 3.00. The molecule has 0 aliphatic carbocycles. The summed E-state index contributed by atoms with van der Waals surface area (Å²) in [6, 6.07) is 9.83. The van der Waals surface area contributed by atoms with E-state index in [1.807, 2.05) is 30.3 Å². The summed E-state index contributed by atoms with van der Waals surface area (Å²) in [7, 11) is 1.43. The van der Waals surface area contributed by atoms with E-state index in [0.717, 1.165) is 61.1 Å². The molecule has 0 unspecified atom stereocenters. The maximum absolute atomic E-state index is 11.3. The summed E-state index contributed by atoms with van der Waals surface area (Å²) in [5, 5.41) is 6.63. The lowest BCUT2D eigenvalue weighted by Crippen LogP contribution is -2.49. The maximum Gasteiger partial charge on any atom is 0.319 e. The Hall–Kier alpha value is -2.23. The van der Waals surface area contributed by atoms with Crippen molar-refractivity contribution in [3.8, 4) is 0 Å². The van der Waals surface area contributed by atoms with Crippen LogP contribution in [0.3, 0.4) is 0 Å². The standard InChI is InChI=1S/C19H25BrN6O2/c1-28-19(27)13-26-9-7-25(8-10-26)6-5-21-17-12-18(23-14-22-17)24-16-4-2-3-15(20)11-16/h2-4,11-12,14H,5-10,13H2,1H3,(H2,21,22,23,24). The molecule has 0 saturated carbocycles. The molecule has 1 aliphatic rings. The van der Waals surface area contributed by atoms with Crippen LogP contribution in [0.25, 0.3) is 0 Å². The van der Waals surface area contributed by atoms with Crippen LogP contribution in [0.2, 0.25) is 0 Å². The topological polar surface area (TPSA) is 82.6 Å². The van der Waals surface area contributed by atoms with E-state index in [0.29, 0.717) is 6.54 Å². The van der Waals surface area contributed by atoms with Gasteiger partial charge in [-0.25, -0.2) is 9.97 Å². The molecule has 150 valence electrons. The van der Waals surface area contributed by atoms with Gasteiger partial charge in [-0.2, -0.15) is 0 Å². The number of hydrogen-bond donors (Lipinski definition) is 2. The van der Waals surface area contributed by atoms with Gasteiger partial charge < -0.3 is 15.4 Å². The van der Waals surface area contributed by atoms with Gasteiger partial charge in [0, 0.05) is 55.5 Å². The average Bonchev–Trinajstić information content (AvgIpc) is 2.69. The Kier molecular flexibility index (Phi) is 7.58. The number of nitrogens with one attached hydrogen (secondary N) is 2. The first-order chi connectivity index (χ1) is 13.6. The van der Waals surface area contributed by atoms with Gasteiger partial charge in [0.25, 0.3) is 0 Å². The van der Waals surface area contributed by atoms with Crippen LogP contribution in [0.1, 0.15) is 0 Å². The number of carbonyl (C=O) groups is 1. The van der Waals surface area contributed by atoms with Crippen molar-refractivity contribution < 1.29 is 9.53 Å². The zero-order valence-electron chi connectivity index (χ0n) is 15.9. The predicted molar refractivity (Wildman–Crippen MR) is 113 cm³/mol. The second kappa shape index (κ2) is 10.4. The first-order valence-corrected chi connectivity index (χ1v) is 10.0. The van der Waals surface area contributed by atoms with Gasteiger partial charge in [0.05, 0.1) is 13.7 Å². The molecule has 0 bridgehead atoms. The van der Waals surface area contributed by atoms with Crippen molar-refractivity contribution in [2.45, 2.75) is 0 Å². The average molecular weight is 449 g/mol. The summed E-state index contributed by atoms with van der Waals surface area (Å²) in [6.07, 6.45) is 1.55. The number of halogens is 1. The lowest BCUT2D eigenvalue weighted by Gasteiger charge is -2.33. The second-order valence-electron chi connectivity index (χ2n) is 6.54. The Morgan fingerprint density at radius 3 is 2.64 bits per heavy atom. The lowest BCUT2D eigenvalue weighted by atomic mass is 10.3. The highest BCUT2D eigenvalue weighted by atomic mass is 79.9. The highest BCUT2D eigenvalue weighted by Gasteiger charge is 2.18. The van der Waals surface area contributed by atoms with Gasteiger partial charge in [-0.1, -0.05) is 22.0 Å². The molecule has 1 aromatic heterocycles. The van der Waals surface area contributed by atoms with E-state index in [2.05, 4.69) is 46.3 Å². The van der Waals surface area contributed by atoms with Gasteiger partial charge >= 0.3 is 5.97 Å². The molecule has 0 amide bonds. The third-order valence-corrected chi connectivity index (χ3v) is 5.04. The molecule has 1 aliphatic heterocycles. The van der Waals surface area contributed by atoms with Crippen molar-refractivity contribution in [1.29, 1.82) is 0 Å². The van der Waals surface area contributed by atoms with E-state index >= 15 is 0 Å². The minimum absolute atomic E-state index is 0.175. The minimum atomic E-state index is -0.175. The number of esters is 1. The fourth-order valence-corrected chi connectivity index (χ4v) is 3.40. The Bertz CT molecular complexity index is 783. The third kappa shape index (κ3) is 6.43. The predicted octanol–water partition coefficient (Wildman–Crippen LogP) is 2.19. The Morgan fingerprint density at radius 2 is 1.89 bits per heavy atom. The number of piperazine rings is 1. The van der Waals surface area contributed by atoms with Crippen LogP contribution in [0, 0.1) is 0 Å². The molecule has 8 nitrogen and oxygen atoms in total. The normalized spacial score (nSPS) is 15.2. The number of anilines is 3.